The summed E-state index contributed by atoms with van der Waals surface area (Å²) in [4.78, 5) is 0. The average molecular weight is 441 g/mol. The van der Waals surface area contributed by atoms with Crippen molar-refractivity contribution in [1.29, 1.82) is 0 Å². The summed E-state index contributed by atoms with van der Waals surface area (Å²) >= 11 is 0. The molecule has 172 valence electrons. The van der Waals surface area contributed by atoms with E-state index in [1.807, 2.05) is 38.2 Å². The fraction of sp³-hybridized carbons (Fsp3) is 0.310. The molecule has 0 atom stereocenters. The van der Waals surface area contributed by atoms with Crippen LogP contribution in [0.5, 0.6) is 0 Å². The van der Waals surface area contributed by atoms with Crippen LogP contribution in [-0.2, 0) is 6.18 Å². The quantitative estimate of drug-likeness (QED) is 0.318. The lowest BCUT2D eigenvalue weighted by molar-refractivity contribution is -0.137. The number of hydrogen-bond donors (Lipinski definition) is 0. The van der Waals surface area contributed by atoms with Gasteiger partial charge in [0.05, 0.1) is 5.56 Å². The molecule has 1 rings (SSSR count). The maximum atomic E-state index is 12.9. The van der Waals surface area contributed by atoms with Crippen LogP contribution in [0.4, 0.5) is 13.2 Å². The second kappa shape index (κ2) is 12.9. The van der Waals surface area contributed by atoms with E-state index < -0.39 is 11.7 Å². The summed E-state index contributed by atoms with van der Waals surface area (Å²) in [5.74, 6) is 0.327. The second-order valence-electron chi connectivity index (χ2n) is 7.99. The summed E-state index contributed by atoms with van der Waals surface area (Å²) in [5.41, 5.74) is 5.61. The zero-order valence-corrected chi connectivity index (χ0v) is 19.9. The predicted octanol–water partition coefficient (Wildman–Crippen LogP) is 9.66. The van der Waals surface area contributed by atoms with Crippen molar-refractivity contribution in [3.05, 3.63) is 113 Å². The minimum absolute atomic E-state index is 0.327. The zero-order valence-electron chi connectivity index (χ0n) is 19.9. The maximum absolute atomic E-state index is 12.9. The Morgan fingerprint density at radius 3 is 2.19 bits per heavy atom. The zero-order chi connectivity index (χ0) is 24.3. The summed E-state index contributed by atoms with van der Waals surface area (Å²) in [7, 11) is 0. The van der Waals surface area contributed by atoms with Crippen LogP contribution in [0.3, 0.4) is 0 Å². The van der Waals surface area contributed by atoms with Gasteiger partial charge in [0.2, 0.25) is 0 Å². The van der Waals surface area contributed by atoms with Crippen molar-refractivity contribution in [2.24, 2.45) is 5.92 Å². The Morgan fingerprint density at radius 1 is 1.09 bits per heavy atom. The molecule has 0 bridgehead atoms. The van der Waals surface area contributed by atoms with Crippen molar-refractivity contribution in [3.8, 4) is 0 Å². The van der Waals surface area contributed by atoms with E-state index in [-0.39, 0.29) is 0 Å². The fourth-order valence-electron chi connectivity index (χ4n) is 3.73. The van der Waals surface area contributed by atoms with Gasteiger partial charge >= 0.3 is 6.18 Å². The largest absolute Gasteiger partial charge is 0.416 e. The van der Waals surface area contributed by atoms with E-state index in [1.165, 1.54) is 11.1 Å². The van der Waals surface area contributed by atoms with Gasteiger partial charge in [-0.25, -0.2) is 0 Å². The smallest absolute Gasteiger partial charge is 0.166 e. The van der Waals surface area contributed by atoms with Crippen molar-refractivity contribution in [2.75, 3.05) is 0 Å². The molecular formula is C29H35F3. The minimum Gasteiger partial charge on any atom is -0.166 e. The first kappa shape index (κ1) is 27.2. The molecule has 0 saturated carbocycles. The molecule has 1 aromatic carbocycles. The van der Waals surface area contributed by atoms with Gasteiger partial charge in [0.15, 0.2) is 0 Å². The molecule has 0 fully saturated rings. The van der Waals surface area contributed by atoms with Crippen molar-refractivity contribution < 1.29 is 13.2 Å². The van der Waals surface area contributed by atoms with Gasteiger partial charge in [-0.15, -0.1) is 0 Å². The van der Waals surface area contributed by atoms with Gasteiger partial charge in [-0.05, 0) is 78.2 Å². The topological polar surface area (TPSA) is 0 Å². The number of allylic oxidation sites excluding steroid dienone is 12. The highest BCUT2D eigenvalue weighted by Crippen LogP contribution is 2.32. The van der Waals surface area contributed by atoms with Gasteiger partial charge in [-0.2, -0.15) is 13.2 Å². The molecule has 0 heterocycles. The predicted molar refractivity (Wildman–Crippen MR) is 133 cm³/mol. The SMILES string of the molecule is C=C\C=C/C=C(/C=C(\CC)c1ccc(C(F)(F)F)cc1)CC(=C)/C(=C(C)\C=C/C)C(C)C. The standard InChI is InChI=1S/C29H35F3/c1-8-11-12-14-24(19-23(7)28(21(4)5)22(6)13-9-2)20-25(10-3)26-15-17-27(18-16-26)29(30,31)32/h8-9,11-18,20-21H,1,7,10,19H2,2-6H3/b12-11-,13-9-,24-14+,25-20+,28-22-. The molecule has 32 heavy (non-hydrogen) atoms. The molecule has 0 amide bonds. The molecule has 0 spiro atoms. The Morgan fingerprint density at radius 2 is 1.72 bits per heavy atom. The third-order valence-corrected chi connectivity index (χ3v) is 5.10. The van der Waals surface area contributed by atoms with Crippen LogP contribution < -0.4 is 0 Å². The molecule has 0 saturated heterocycles. The highest BCUT2D eigenvalue weighted by atomic mass is 19.4. The lowest BCUT2D eigenvalue weighted by Crippen LogP contribution is -2.04. The van der Waals surface area contributed by atoms with Crippen molar-refractivity contribution in [2.45, 2.75) is 53.6 Å². The molecule has 3 heteroatoms. The number of halogens is 3. The molecule has 0 nitrogen and oxygen atoms in total. The summed E-state index contributed by atoms with van der Waals surface area (Å²) in [6.07, 6.45) is 10.7. The summed E-state index contributed by atoms with van der Waals surface area (Å²) in [6.45, 7) is 18.5. The summed E-state index contributed by atoms with van der Waals surface area (Å²) in [6, 6.07) is 5.36. The van der Waals surface area contributed by atoms with E-state index in [9.17, 15) is 13.2 Å². The van der Waals surface area contributed by atoms with Gasteiger partial charge < -0.3 is 0 Å². The first-order chi connectivity index (χ1) is 15.0. The van der Waals surface area contributed by atoms with E-state index in [4.69, 9.17) is 0 Å². The molecule has 1 aromatic rings. The Hall–Kier alpha value is -2.81. The molecule has 0 aliphatic carbocycles. The first-order valence-electron chi connectivity index (χ1n) is 10.9. The van der Waals surface area contributed by atoms with E-state index in [0.717, 1.165) is 34.4 Å². The third kappa shape index (κ3) is 8.37. The Labute approximate surface area is 191 Å². The van der Waals surface area contributed by atoms with E-state index in [2.05, 4.69) is 46.1 Å². The van der Waals surface area contributed by atoms with Gasteiger partial charge in [0.1, 0.15) is 0 Å². The van der Waals surface area contributed by atoms with Crippen LogP contribution in [0.2, 0.25) is 0 Å². The molecular weight excluding hydrogens is 405 g/mol. The normalized spacial score (nSPS) is 14.4. The van der Waals surface area contributed by atoms with Crippen LogP contribution in [-0.4, -0.2) is 0 Å². The number of hydrogen-bond acceptors (Lipinski definition) is 0. The van der Waals surface area contributed by atoms with Crippen LogP contribution in [0, 0.1) is 5.92 Å². The van der Waals surface area contributed by atoms with Crippen LogP contribution >= 0.6 is 0 Å². The molecule has 0 aliphatic heterocycles. The third-order valence-electron chi connectivity index (χ3n) is 5.10. The van der Waals surface area contributed by atoms with Crippen LogP contribution in [0.25, 0.3) is 5.57 Å². The lowest BCUT2D eigenvalue weighted by Gasteiger charge is -2.18. The highest BCUT2D eigenvalue weighted by Gasteiger charge is 2.30. The summed E-state index contributed by atoms with van der Waals surface area (Å²) in [5, 5.41) is 0. The number of rotatable bonds is 10. The van der Waals surface area contributed by atoms with Crippen LogP contribution in [0.15, 0.2) is 102 Å². The summed E-state index contributed by atoms with van der Waals surface area (Å²) < 4.78 is 38.8. The van der Waals surface area contributed by atoms with Crippen molar-refractivity contribution in [1.82, 2.24) is 0 Å². The average Bonchev–Trinajstić information content (AvgIpc) is 2.71. The molecule has 0 N–H and O–H groups in total. The lowest BCUT2D eigenvalue weighted by atomic mass is 9.87. The molecule has 0 radical (unpaired) electrons. The Kier molecular flexibility index (Phi) is 11.0. The number of alkyl halides is 3. The van der Waals surface area contributed by atoms with E-state index in [0.29, 0.717) is 18.8 Å². The van der Waals surface area contributed by atoms with Crippen molar-refractivity contribution >= 4 is 5.57 Å². The minimum atomic E-state index is -4.34. The maximum Gasteiger partial charge on any atom is 0.416 e. The first-order valence-corrected chi connectivity index (χ1v) is 10.9. The molecule has 0 aromatic heterocycles. The van der Waals surface area contributed by atoms with E-state index in [1.54, 1.807) is 18.2 Å². The van der Waals surface area contributed by atoms with Gasteiger partial charge in [-0.3, -0.25) is 0 Å². The van der Waals surface area contributed by atoms with E-state index >= 15 is 0 Å². The van der Waals surface area contributed by atoms with Crippen molar-refractivity contribution in [3.63, 3.8) is 0 Å². The fourth-order valence-corrected chi connectivity index (χ4v) is 3.73. The Bertz CT molecular complexity index is 928. The monoisotopic (exact) mass is 440 g/mol. The van der Waals surface area contributed by atoms with Gasteiger partial charge in [0.25, 0.3) is 0 Å². The Balaban J connectivity index is 3.39. The number of benzene rings is 1. The van der Waals surface area contributed by atoms with Gasteiger partial charge in [0, 0.05) is 0 Å². The second-order valence-corrected chi connectivity index (χ2v) is 7.99. The van der Waals surface area contributed by atoms with Gasteiger partial charge in [-0.1, -0.05) is 88.6 Å². The van der Waals surface area contributed by atoms with Crippen LogP contribution in [0.1, 0.15) is 58.6 Å². The highest BCUT2D eigenvalue weighted by molar-refractivity contribution is 5.69. The molecule has 0 aliphatic rings. The molecule has 0 unspecified atom stereocenters.